The number of aromatic nitrogens is 3. The highest BCUT2D eigenvalue weighted by atomic mass is 32.2. The van der Waals surface area contributed by atoms with E-state index in [1.165, 1.54) is 17.3 Å². The highest BCUT2D eigenvalue weighted by molar-refractivity contribution is 7.99. The number of carbonyl (C=O) groups is 1. The molecule has 1 N–H and O–H groups in total. The number of nitrogens with one attached hydrogen (secondary N) is 1. The number of furan rings is 1. The molecule has 0 aliphatic rings. The summed E-state index contributed by atoms with van der Waals surface area (Å²) >= 11 is 1.38. The summed E-state index contributed by atoms with van der Waals surface area (Å²) in [7, 11) is 0. The molecule has 30 heavy (non-hydrogen) atoms. The zero-order valence-corrected chi connectivity index (χ0v) is 17.2. The van der Waals surface area contributed by atoms with Gasteiger partial charge < -0.3 is 9.73 Å². The molecule has 0 aliphatic heterocycles. The van der Waals surface area contributed by atoms with Crippen molar-refractivity contribution in [2.75, 3.05) is 5.75 Å². The van der Waals surface area contributed by atoms with Gasteiger partial charge in [-0.05, 0) is 36.2 Å². The number of nitrogens with zero attached hydrogens (tertiary/aromatic N) is 3. The van der Waals surface area contributed by atoms with Gasteiger partial charge in [0.15, 0.2) is 5.16 Å². The molecule has 0 spiro atoms. The lowest BCUT2D eigenvalue weighted by molar-refractivity contribution is -0.118. The monoisotopic (exact) mass is 418 g/mol. The summed E-state index contributed by atoms with van der Waals surface area (Å²) < 4.78 is 7.28. The van der Waals surface area contributed by atoms with Crippen LogP contribution >= 0.6 is 11.8 Å². The minimum Gasteiger partial charge on any atom is -0.467 e. The van der Waals surface area contributed by atoms with Crippen LogP contribution < -0.4 is 5.32 Å². The fraction of sp³-hybridized carbons (Fsp3) is 0.174. The SMILES string of the molecule is O=C(CSc1nnc(CCc2ccccc2)n1-c1ccccc1)NCc1ccco1. The van der Waals surface area contributed by atoms with Crippen LogP contribution in [0.4, 0.5) is 0 Å². The standard InChI is InChI=1S/C23H22N4O2S/c28-22(24-16-20-12-7-15-29-20)17-30-23-26-25-21(14-13-18-8-3-1-4-9-18)27(23)19-10-5-2-6-11-19/h1-12,15H,13-14,16-17H2,(H,24,28). The fourth-order valence-corrected chi connectivity index (χ4v) is 3.87. The topological polar surface area (TPSA) is 73.0 Å². The van der Waals surface area contributed by atoms with Gasteiger partial charge in [0, 0.05) is 12.1 Å². The summed E-state index contributed by atoms with van der Waals surface area (Å²) in [6.45, 7) is 0.375. The van der Waals surface area contributed by atoms with Crippen LogP contribution in [-0.2, 0) is 24.2 Å². The largest absolute Gasteiger partial charge is 0.467 e. The molecule has 0 radical (unpaired) electrons. The van der Waals surface area contributed by atoms with Gasteiger partial charge in [0.1, 0.15) is 11.6 Å². The number of benzene rings is 2. The molecule has 7 heteroatoms. The van der Waals surface area contributed by atoms with E-state index in [-0.39, 0.29) is 11.7 Å². The van der Waals surface area contributed by atoms with Gasteiger partial charge in [-0.15, -0.1) is 10.2 Å². The molecule has 0 bridgehead atoms. The van der Waals surface area contributed by atoms with Gasteiger partial charge in [-0.2, -0.15) is 0 Å². The van der Waals surface area contributed by atoms with Crippen LogP contribution in [0.2, 0.25) is 0 Å². The second kappa shape index (κ2) is 9.93. The summed E-state index contributed by atoms with van der Waals surface area (Å²) in [5.41, 5.74) is 2.25. The van der Waals surface area contributed by atoms with Gasteiger partial charge in [-0.1, -0.05) is 60.3 Å². The smallest absolute Gasteiger partial charge is 0.230 e. The number of thioether (sulfide) groups is 1. The Bertz CT molecular complexity index is 1060. The number of hydrogen-bond donors (Lipinski definition) is 1. The Balaban J connectivity index is 1.45. The zero-order chi connectivity index (χ0) is 20.6. The summed E-state index contributed by atoms with van der Waals surface area (Å²) in [5.74, 6) is 1.78. The van der Waals surface area contributed by atoms with Crippen molar-refractivity contribution in [3.8, 4) is 5.69 Å². The van der Waals surface area contributed by atoms with E-state index in [0.717, 1.165) is 30.1 Å². The second-order valence-electron chi connectivity index (χ2n) is 6.70. The number of carbonyl (C=O) groups excluding carboxylic acids is 1. The highest BCUT2D eigenvalue weighted by Gasteiger charge is 2.16. The van der Waals surface area contributed by atoms with E-state index >= 15 is 0 Å². The van der Waals surface area contributed by atoms with Crippen molar-refractivity contribution in [1.82, 2.24) is 20.1 Å². The molecule has 6 nitrogen and oxygen atoms in total. The molecule has 1 amide bonds. The van der Waals surface area contributed by atoms with Gasteiger partial charge in [0.05, 0.1) is 18.6 Å². The van der Waals surface area contributed by atoms with Gasteiger partial charge in [-0.3, -0.25) is 9.36 Å². The molecule has 2 aromatic carbocycles. The molecule has 0 atom stereocenters. The molecule has 0 fully saturated rings. The molecule has 0 saturated heterocycles. The van der Waals surface area contributed by atoms with Crippen LogP contribution in [-0.4, -0.2) is 26.4 Å². The first-order valence-electron chi connectivity index (χ1n) is 9.75. The average Bonchev–Trinajstić information content (AvgIpc) is 3.46. The highest BCUT2D eigenvalue weighted by Crippen LogP contribution is 2.23. The van der Waals surface area contributed by atoms with Crippen molar-refractivity contribution in [3.63, 3.8) is 0 Å². The molecule has 4 aromatic rings. The third-order valence-corrected chi connectivity index (χ3v) is 5.50. The van der Waals surface area contributed by atoms with E-state index in [0.29, 0.717) is 11.7 Å². The first-order chi connectivity index (χ1) is 14.8. The predicted molar refractivity (Wildman–Crippen MR) is 116 cm³/mol. The van der Waals surface area contributed by atoms with E-state index in [2.05, 4.69) is 27.6 Å². The maximum atomic E-state index is 12.2. The van der Waals surface area contributed by atoms with Crippen molar-refractivity contribution in [2.24, 2.45) is 0 Å². The Hall–Kier alpha value is -3.32. The molecule has 0 saturated carbocycles. The maximum absolute atomic E-state index is 12.2. The first kappa shape index (κ1) is 20.0. The minimum absolute atomic E-state index is 0.0788. The van der Waals surface area contributed by atoms with E-state index in [4.69, 9.17) is 4.42 Å². The van der Waals surface area contributed by atoms with Gasteiger partial charge in [-0.25, -0.2) is 0 Å². The van der Waals surface area contributed by atoms with E-state index in [1.54, 1.807) is 12.3 Å². The molecular weight excluding hydrogens is 396 g/mol. The van der Waals surface area contributed by atoms with E-state index in [9.17, 15) is 4.79 Å². The number of para-hydroxylation sites is 1. The van der Waals surface area contributed by atoms with Crippen LogP contribution in [0.5, 0.6) is 0 Å². The minimum atomic E-state index is -0.0788. The van der Waals surface area contributed by atoms with E-state index in [1.807, 2.05) is 59.2 Å². The Morgan fingerprint density at radius 1 is 0.933 bits per heavy atom. The van der Waals surface area contributed by atoms with Crippen LogP contribution in [0.25, 0.3) is 5.69 Å². The number of hydrogen-bond acceptors (Lipinski definition) is 5. The van der Waals surface area contributed by atoms with Crippen molar-refractivity contribution >= 4 is 17.7 Å². The van der Waals surface area contributed by atoms with Gasteiger partial charge in [0.25, 0.3) is 0 Å². The van der Waals surface area contributed by atoms with Crippen LogP contribution in [0, 0.1) is 0 Å². The number of amides is 1. The normalized spacial score (nSPS) is 10.8. The third-order valence-electron chi connectivity index (χ3n) is 4.57. The van der Waals surface area contributed by atoms with Gasteiger partial charge in [0.2, 0.25) is 5.91 Å². The van der Waals surface area contributed by atoms with Crippen molar-refractivity contribution < 1.29 is 9.21 Å². The van der Waals surface area contributed by atoms with Crippen LogP contribution in [0.15, 0.2) is 88.6 Å². The molecule has 4 rings (SSSR count). The summed E-state index contributed by atoms with van der Waals surface area (Å²) in [5, 5.41) is 12.3. The Morgan fingerprint density at radius 3 is 2.43 bits per heavy atom. The quantitative estimate of drug-likeness (QED) is 0.415. The van der Waals surface area contributed by atoms with Gasteiger partial charge >= 0.3 is 0 Å². The lowest BCUT2D eigenvalue weighted by Crippen LogP contribution is -2.24. The molecule has 0 unspecified atom stereocenters. The zero-order valence-electron chi connectivity index (χ0n) is 16.4. The molecule has 2 aromatic heterocycles. The molecule has 2 heterocycles. The van der Waals surface area contributed by atoms with Crippen molar-refractivity contribution in [1.29, 1.82) is 0 Å². The second-order valence-corrected chi connectivity index (χ2v) is 7.64. The summed E-state index contributed by atoms with van der Waals surface area (Å²) in [4.78, 5) is 12.2. The lowest BCUT2D eigenvalue weighted by Gasteiger charge is -2.10. The van der Waals surface area contributed by atoms with Crippen LogP contribution in [0.3, 0.4) is 0 Å². The number of aryl methyl sites for hydroxylation is 2. The summed E-state index contributed by atoms with van der Waals surface area (Å²) in [6.07, 6.45) is 3.23. The first-order valence-corrected chi connectivity index (χ1v) is 10.7. The lowest BCUT2D eigenvalue weighted by atomic mass is 10.1. The molecular formula is C23H22N4O2S. The fourth-order valence-electron chi connectivity index (χ4n) is 3.07. The maximum Gasteiger partial charge on any atom is 0.230 e. The van der Waals surface area contributed by atoms with Crippen LogP contribution in [0.1, 0.15) is 17.1 Å². The van der Waals surface area contributed by atoms with Crippen molar-refractivity contribution in [3.05, 3.63) is 96.2 Å². The third kappa shape index (κ3) is 5.18. The van der Waals surface area contributed by atoms with Crippen molar-refractivity contribution in [2.45, 2.75) is 24.5 Å². The Labute approximate surface area is 179 Å². The average molecular weight is 419 g/mol. The van der Waals surface area contributed by atoms with E-state index < -0.39 is 0 Å². The summed E-state index contributed by atoms with van der Waals surface area (Å²) in [6, 6.07) is 24.0. The predicted octanol–water partition coefficient (Wildman–Crippen LogP) is 4.05. The number of rotatable bonds is 9. The molecule has 152 valence electrons. The Morgan fingerprint density at radius 2 is 1.70 bits per heavy atom. The molecule has 0 aliphatic carbocycles. The Kier molecular flexibility index (Phi) is 6.61.